The third-order valence-corrected chi connectivity index (χ3v) is 7.50. The molecular weight excluding hydrogens is 314 g/mol. The quantitative estimate of drug-likeness (QED) is 0.839. The molecule has 1 aliphatic heterocycles. The van der Waals surface area contributed by atoms with Crippen molar-refractivity contribution >= 4 is 5.91 Å². The number of piperazine rings is 1. The molecule has 4 aliphatic carbocycles. The van der Waals surface area contributed by atoms with E-state index in [0.29, 0.717) is 17.7 Å². The summed E-state index contributed by atoms with van der Waals surface area (Å²) < 4.78 is 2.10. The van der Waals surface area contributed by atoms with E-state index in [0.717, 1.165) is 52.0 Å². The zero-order valence-corrected chi connectivity index (χ0v) is 15.2. The van der Waals surface area contributed by atoms with Crippen LogP contribution in [-0.2, 0) is 10.3 Å². The van der Waals surface area contributed by atoms with Crippen molar-refractivity contribution in [2.45, 2.75) is 51.0 Å². The van der Waals surface area contributed by atoms with Gasteiger partial charge in [-0.3, -0.25) is 4.79 Å². The zero-order valence-electron chi connectivity index (χ0n) is 15.2. The van der Waals surface area contributed by atoms with Crippen molar-refractivity contribution in [3.05, 3.63) is 12.7 Å². The second kappa shape index (κ2) is 5.53. The minimum absolute atomic E-state index is 0.0431. The summed E-state index contributed by atoms with van der Waals surface area (Å²) in [7, 11) is 0. The maximum Gasteiger partial charge on any atom is 0.228 e. The standard InChI is InChI=1S/C19H29N5O/c1-2-22-3-5-23(6-4-22)17(25)18-8-15-7-16(9-18)11-19(10-15,12-18)24-14-20-13-21-24/h13-16H,2-12H2,1H3/t15-,16+,18?,19?. The summed E-state index contributed by atoms with van der Waals surface area (Å²) in [6.45, 7) is 7.16. The summed E-state index contributed by atoms with van der Waals surface area (Å²) in [5, 5.41) is 4.50. The second-order valence-electron chi connectivity index (χ2n) is 9.03. The molecule has 0 spiro atoms. The summed E-state index contributed by atoms with van der Waals surface area (Å²) in [6.07, 6.45) is 10.4. The van der Waals surface area contributed by atoms with E-state index in [1.807, 2.05) is 6.33 Å². The molecule has 0 aromatic carbocycles. The van der Waals surface area contributed by atoms with Crippen LogP contribution in [0.25, 0.3) is 0 Å². The first-order chi connectivity index (χ1) is 12.1. The van der Waals surface area contributed by atoms with E-state index in [2.05, 4.69) is 31.5 Å². The molecule has 25 heavy (non-hydrogen) atoms. The van der Waals surface area contributed by atoms with E-state index in [1.165, 1.54) is 19.3 Å². The average Bonchev–Trinajstić information content (AvgIpc) is 3.16. The fraction of sp³-hybridized carbons (Fsp3) is 0.842. The predicted octanol–water partition coefficient (Wildman–Crippen LogP) is 1.74. The van der Waals surface area contributed by atoms with Crippen LogP contribution in [0.5, 0.6) is 0 Å². The maximum absolute atomic E-state index is 13.6. The highest BCUT2D eigenvalue weighted by molar-refractivity contribution is 5.83. The van der Waals surface area contributed by atoms with Gasteiger partial charge in [-0.2, -0.15) is 5.10 Å². The third kappa shape index (κ3) is 2.36. The van der Waals surface area contributed by atoms with Gasteiger partial charge in [-0.25, -0.2) is 9.67 Å². The van der Waals surface area contributed by atoms with Crippen LogP contribution in [0, 0.1) is 17.3 Å². The molecule has 1 aromatic rings. The number of hydrogen-bond donors (Lipinski definition) is 0. The smallest absolute Gasteiger partial charge is 0.228 e. The summed E-state index contributed by atoms with van der Waals surface area (Å²) in [6, 6.07) is 0. The number of rotatable bonds is 3. The van der Waals surface area contributed by atoms with E-state index >= 15 is 0 Å². The highest BCUT2D eigenvalue weighted by Crippen LogP contribution is 2.64. The minimum Gasteiger partial charge on any atom is -0.340 e. The lowest BCUT2D eigenvalue weighted by atomic mass is 9.46. The summed E-state index contributed by atoms with van der Waals surface area (Å²) in [5.41, 5.74) is -0.0914. The van der Waals surface area contributed by atoms with Gasteiger partial charge >= 0.3 is 0 Å². The molecule has 2 heterocycles. The molecule has 0 N–H and O–H groups in total. The van der Waals surface area contributed by atoms with Crippen LogP contribution in [0.2, 0.25) is 0 Å². The van der Waals surface area contributed by atoms with E-state index in [1.54, 1.807) is 6.33 Å². The molecule has 4 atom stereocenters. The van der Waals surface area contributed by atoms with Gasteiger partial charge in [0.25, 0.3) is 0 Å². The Hall–Kier alpha value is -1.43. The number of aromatic nitrogens is 3. The van der Waals surface area contributed by atoms with Crippen molar-refractivity contribution in [2.75, 3.05) is 32.7 Å². The monoisotopic (exact) mass is 343 g/mol. The summed E-state index contributed by atoms with van der Waals surface area (Å²) in [5.74, 6) is 1.82. The van der Waals surface area contributed by atoms with Crippen molar-refractivity contribution < 1.29 is 4.79 Å². The average molecular weight is 343 g/mol. The molecule has 4 saturated carbocycles. The Morgan fingerprint density at radius 3 is 2.44 bits per heavy atom. The van der Waals surface area contributed by atoms with Crippen molar-refractivity contribution in [3.63, 3.8) is 0 Å². The van der Waals surface area contributed by atoms with Gasteiger partial charge in [0.05, 0.1) is 11.0 Å². The van der Waals surface area contributed by atoms with Gasteiger partial charge < -0.3 is 9.80 Å². The van der Waals surface area contributed by atoms with Gasteiger partial charge in [0.2, 0.25) is 5.91 Å². The number of nitrogens with zero attached hydrogens (tertiary/aromatic N) is 5. The first kappa shape index (κ1) is 15.8. The van der Waals surface area contributed by atoms with Crippen LogP contribution in [0.4, 0.5) is 0 Å². The Bertz CT molecular complexity index is 635. The molecule has 6 nitrogen and oxygen atoms in total. The lowest BCUT2D eigenvalue weighted by molar-refractivity contribution is -0.168. The number of hydrogen-bond acceptors (Lipinski definition) is 4. The van der Waals surface area contributed by atoms with Crippen LogP contribution < -0.4 is 0 Å². The Kier molecular flexibility index (Phi) is 3.50. The number of likely N-dealkylation sites (N-methyl/N-ethyl adjacent to an activating group) is 1. The Labute approximate surface area is 149 Å². The molecule has 0 radical (unpaired) electrons. The molecule has 1 amide bonds. The van der Waals surface area contributed by atoms with Crippen molar-refractivity contribution in [2.24, 2.45) is 17.3 Å². The van der Waals surface area contributed by atoms with Crippen LogP contribution in [-0.4, -0.2) is 63.2 Å². The Morgan fingerprint density at radius 1 is 1.12 bits per heavy atom. The topological polar surface area (TPSA) is 54.3 Å². The lowest BCUT2D eigenvalue weighted by Gasteiger charge is -2.61. The zero-order chi connectivity index (χ0) is 17.1. The van der Waals surface area contributed by atoms with Crippen LogP contribution in [0.3, 0.4) is 0 Å². The molecule has 1 aromatic heterocycles. The third-order valence-electron chi connectivity index (χ3n) is 7.50. The number of carbonyl (C=O) groups is 1. The van der Waals surface area contributed by atoms with Gasteiger partial charge in [0, 0.05) is 26.2 Å². The normalized spacial score (nSPS) is 40.6. The van der Waals surface area contributed by atoms with Crippen molar-refractivity contribution in [1.82, 2.24) is 24.6 Å². The van der Waals surface area contributed by atoms with Gasteiger partial charge in [0.1, 0.15) is 12.7 Å². The number of carbonyl (C=O) groups excluding carboxylic acids is 1. The van der Waals surface area contributed by atoms with Crippen molar-refractivity contribution in [1.29, 1.82) is 0 Å². The fourth-order valence-electron chi connectivity index (χ4n) is 6.79. The number of amides is 1. The first-order valence-corrected chi connectivity index (χ1v) is 9.99. The predicted molar refractivity (Wildman–Crippen MR) is 93.8 cm³/mol. The molecule has 5 fully saturated rings. The fourth-order valence-corrected chi connectivity index (χ4v) is 6.79. The van der Waals surface area contributed by atoms with Gasteiger partial charge in [0.15, 0.2) is 0 Å². The van der Waals surface area contributed by atoms with E-state index < -0.39 is 0 Å². The Balaban J connectivity index is 1.42. The van der Waals surface area contributed by atoms with E-state index in [4.69, 9.17) is 0 Å². The highest BCUT2D eigenvalue weighted by atomic mass is 16.2. The van der Waals surface area contributed by atoms with Crippen LogP contribution in [0.15, 0.2) is 12.7 Å². The van der Waals surface area contributed by atoms with Crippen LogP contribution >= 0.6 is 0 Å². The molecule has 1 saturated heterocycles. The first-order valence-electron chi connectivity index (χ1n) is 9.99. The second-order valence-corrected chi connectivity index (χ2v) is 9.03. The van der Waals surface area contributed by atoms with E-state index in [9.17, 15) is 4.79 Å². The molecule has 4 bridgehead atoms. The highest BCUT2D eigenvalue weighted by Gasteiger charge is 2.62. The minimum atomic E-state index is -0.135. The molecule has 6 heteroatoms. The molecule has 6 rings (SSSR count). The maximum atomic E-state index is 13.6. The summed E-state index contributed by atoms with van der Waals surface area (Å²) in [4.78, 5) is 22.4. The van der Waals surface area contributed by atoms with Gasteiger partial charge in [-0.15, -0.1) is 0 Å². The lowest BCUT2D eigenvalue weighted by Crippen LogP contribution is -2.62. The summed E-state index contributed by atoms with van der Waals surface area (Å²) >= 11 is 0. The SMILES string of the molecule is CCN1CCN(C(=O)C23C[C@H]4C[C@@H](C2)CC(n2cncn2)(C4)C3)CC1. The van der Waals surface area contributed by atoms with Crippen LogP contribution in [0.1, 0.15) is 45.4 Å². The van der Waals surface area contributed by atoms with Crippen molar-refractivity contribution in [3.8, 4) is 0 Å². The largest absolute Gasteiger partial charge is 0.340 e. The Morgan fingerprint density at radius 2 is 1.84 bits per heavy atom. The molecule has 5 aliphatic rings. The van der Waals surface area contributed by atoms with E-state index in [-0.39, 0.29) is 11.0 Å². The molecular formula is C19H29N5O. The molecule has 136 valence electrons. The molecule has 2 unspecified atom stereocenters. The van der Waals surface area contributed by atoms with Gasteiger partial charge in [-0.05, 0) is 56.9 Å². The van der Waals surface area contributed by atoms with Gasteiger partial charge in [-0.1, -0.05) is 6.92 Å².